The molecule has 25 heavy (non-hydrogen) atoms. The second-order valence-corrected chi connectivity index (χ2v) is 6.01. The van der Waals surface area contributed by atoms with Gasteiger partial charge in [0.1, 0.15) is 5.69 Å². The highest BCUT2D eigenvalue weighted by molar-refractivity contribution is 5.92. The molecule has 132 valence electrons. The Balaban J connectivity index is 1.63. The Morgan fingerprint density at radius 2 is 2.00 bits per heavy atom. The first kappa shape index (κ1) is 16.9. The van der Waals surface area contributed by atoms with Crippen LogP contribution in [0.5, 0.6) is 0 Å². The normalized spacial score (nSPS) is 16.6. The molecule has 1 fully saturated rings. The predicted octanol–water partition coefficient (Wildman–Crippen LogP) is 1.13. The fourth-order valence-corrected chi connectivity index (χ4v) is 3.04. The first-order valence-corrected chi connectivity index (χ1v) is 8.01. The van der Waals surface area contributed by atoms with E-state index in [4.69, 9.17) is 0 Å². The summed E-state index contributed by atoms with van der Waals surface area (Å²) in [6.45, 7) is 4.38. The molecule has 1 aromatic carbocycles. The highest BCUT2D eigenvalue weighted by Gasteiger charge is 2.26. The molecule has 1 atom stereocenters. The van der Waals surface area contributed by atoms with Crippen LogP contribution < -0.4 is 5.69 Å². The molecule has 3 rings (SSSR count). The number of nitrogens with zero attached hydrogens (tertiary/aromatic N) is 3. The maximum atomic E-state index is 12.3. The summed E-state index contributed by atoms with van der Waals surface area (Å²) in [4.78, 5) is 42.7. The van der Waals surface area contributed by atoms with Gasteiger partial charge in [0.15, 0.2) is 0 Å². The van der Waals surface area contributed by atoms with Crippen molar-refractivity contribution in [3.8, 4) is 0 Å². The predicted molar refractivity (Wildman–Crippen MR) is 90.4 cm³/mol. The van der Waals surface area contributed by atoms with E-state index in [0.29, 0.717) is 26.2 Å². The molecule has 0 bridgehead atoms. The van der Waals surface area contributed by atoms with E-state index >= 15 is 0 Å². The minimum absolute atomic E-state index is 0.0178. The summed E-state index contributed by atoms with van der Waals surface area (Å²) in [5.74, 6) is -0.207. The number of non-ortho nitro benzene ring substituents is 1. The second-order valence-electron chi connectivity index (χ2n) is 6.01. The number of carbonyl (C=O) groups is 1. The van der Waals surface area contributed by atoms with E-state index in [-0.39, 0.29) is 23.3 Å². The van der Waals surface area contributed by atoms with Crippen LogP contribution >= 0.6 is 0 Å². The molecular weight excluding hydrogens is 326 g/mol. The largest absolute Gasteiger partial charge is 0.335 e. The van der Waals surface area contributed by atoms with Gasteiger partial charge in [-0.15, -0.1) is 0 Å². The van der Waals surface area contributed by atoms with Crippen LogP contribution in [0.3, 0.4) is 0 Å². The molecule has 9 nitrogen and oxygen atoms in total. The number of nitrogens with one attached hydrogen (secondary N) is 2. The van der Waals surface area contributed by atoms with Crippen molar-refractivity contribution in [1.82, 2.24) is 19.8 Å². The highest BCUT2D eigenvalue weighted by Crippen LogP contribution is 2.25. The number of imidazole rings is 1. The maximum absolute atomic E-state index is 12.3. The monoisotopic (exact) mass is 345 g/mol. The van der Waals surface area contributed by atoms with Gasteiger partial charge in [-0.05, 0) is 12.5 Å². The lowest BCUT2D eigenvalue weighted by molar-refractivity contribution is -0.385. The zero-order valence-electron chi connectivity index (χ0n) is 13.8. The average Bonchev–Trinajstić information content (AvgIpc) is 3.07. The van der Waals surface area contributed by atoms with Crippen LogP contribution in [-0.4, -0.2) is 56.8 Å². The van der Waals surface area contributed by atoms with Crippen molar-refractivity contribution in [3.63, 3.8) is 0 Å². The Morgan fingerprint density at radius 1 is 1.28 bits per heavy atom. The number of hydrogen-bond donors (Lipinski definition) is 2. The average molecular weight is 345 g/mol. The van der Waals surface area contributed by atoms with Crippen LogP contribution in [0.15, 0.2) is 35.3 Å². The Kier molecular flexibility index (Phi) is 4.66. The van der Waals surface area contributed by atoms with Crippen LogP contribution in [-0.2, 0) is 0 Å². The summed E-state index contributed by atoms with van der Waals surface area (Å²) in [6.07, 6.45) is 1.38. The second kappa shape index (κ2) is 6.89. The lowest BCUT2D eigenvalue weighted by Gasteiger charge is -2.38. The van der Waals surface area contributed by atoms with Crippen molar-refractivity contribution >= 4 is 11.6 Å². The number of nitro groups is 1. The lowest BCUT2D eigenvalue weighted by Crippen LogP contribution is -2.49. The molecule has 1 unspecified atom stereocenters. The Labute approximate surface area is 143 Å². The third-order valence-electron chi connectivity index (χ3n) is 4.54. The van der Waals surface area contributed by atoms with Crippen LogP contribution in [0.4, 0.5) is 5.69 Å². The van der Waals surface area contributed by atoms with Gasteiger partial charge < -0.3 is 14.9 Å². The number of aromatic amines is 2. The summed E-state index contributed by atoms with van der Waals surface area (Å²) in [7, 11) is 0. The van der Waals surface area contributed by atoms with E-state index in [0.717, 1.165) is 5.56 Å². The third kappa shape index (κ3) is 3.61. The molecule has 0 saturated carbocycles. The van der Waals surface area contributed by atoms with Crippen LogP contribution in [0.25, 0.3) is 0 Å². The number of rotatable bonds is 4. The fraction of sp³-hybridized carbons (Fsp3) is 0.375. The SMILES string of the molecule is CC(c1cccc([N+](=O)[O-])c1)N1CCN(C(=O)c2c[nH]c(=O)[nH]2)CC1. The minimum Gasteiger partial charge on any atom is -0.335 e. The van der Waals surface area contributed by atoms with Gasteiger partial charge in [0, 0.05) is 50.6 Å². The van der Waals surface area contributed by atoms with Crippen LogP contribution in [0, 0.1) is 10.1 Å². The van der Waals surface area contributed by atoms with Gasteiger partial charge in [0.25, 0.3) is 11.6 Å². The Hall–Kier alpha value is -2.94. The smallest absolute Gasteiger partial charge is 0.323 e. The number of carbonyl (C=O) groups excluding carboxylic acids is 1. The van der Waals surface area contributed by atoms with Gasteiger partial charge in [-0.25, -0.2) is 4.79 Å². The van der Waals surface area contributed by atoms with E-state index in [1.165, 1.54) is 12.3 Å². The summed E-state index contributed by atoms with van der Waals surface area (Å²) in [5, 5.41) is 10.9. The molecular formula is C16H19N5O4. The summed E-state index contributed by atoms with van der Waals surface area (Å²) >= 11 is 0. The van der Waals surface area contributed by atoms with Crippen molar-refractivity contribution in [2.75, 3.05) is 26.2 Å². The van der Waals surface area contributed by atoms with Crippen molar-refractivity contribution in [2.45, 2.75) is 13.0 Å². The molecule has 1 saturated heterocycles. The van der Waals surface area contributed by atoms with Gasteiger partial charge in [-0.3, -0.25) is 19.8 Å². The number of piperazine rings is 1. The zero-order chi connectivity index (χ0) is 18.0. The van der Waals surface area contributed by atoms with Gasteiger partial charge in [-0.1, -0.05) is 12.1 Å². The van der Waals surface area contributed by atoms with E-state index in [1.54, 1.807) is 17.0 Å². The van der Waals surface area contributed by atoms with E-state index in [1.807, 2.05) is 13.0 Å². The summed E-state index contributed by atoms with van der Waals surface area (Å²) in [5.41, 5.74) is 0.810. The van der Waals surface area contributed by atoms with Crippen molar-refractivity contribution in [3.05, 3.63) is 62.3 Å². The number of aromatic nitrogens is 2. The van der Waals surface area contributed by atoms with Crippen LogP contribution in [0.2, 0.25) is 0 Å². The molecule has 1 aromatic heterocycles. The van der Waals surface area contributed by atoms with Gasteiger partial charge >= 0.3 is 5.69 Å². The first-order chi connectivity index (χ1) is 12.0. The molecule has 0 radical (unpaired) electrons. The lowest BCUT2D eigenvalue weighted by atomic mass is 10.1. The standard InChI is InChI=1S/C16H19N5O4/c1-11(12-3-2-4-13(9-12)21(24)25)19-5-7-20(8-6-19)15(22)14-10-17-16(23)18-14/h2-4,9-11H,5-8H2,1H3,(H2,17,18,23). The van der Waals surface area contributed by atoms with Crippen LogP contribution in [0.1, 0.15) is 29.0 Å². The number of nitro benzene ring substituents is 1. The van der Waals surface area contributed by atoms with Gasteiger partial charge in [0.2, 0.25) is 0 Å². The molecule has 1 amide bonds. The molecule has 9 heteroatoms. The van der Waals surface area contributed by atoms with E-state index in [2.05, 4.69) is 14.9 Å². The Morgan fingerprint density at radius 3 is 2.60 bits per heavy atom. The maximum Gasteiger partial charge on any atom is 0.323 e. The highest BCUT2D eigenvalue weighted by atomic mass is 16.6. The van der Waals surface area contributed by atoms with E-state index in [9.17, 15) is 19.7 Å². The van der Waals surface area contributed by atoms with Gasteiger partial charge in [-0.2, -0.15) is 0 Å². The number of benzene rings is 1. The molecule has 2 aromatic rings. The van der Waals surface area contributed by atoms with E-state index < -0.39 is 10.6 Å². The third-order valence-corrected chi connectivity index (χ3v) is 4.54. The Bertz CT molecular complexity index is 835. The number of H-pyrrole nitrogens is 2. The quantitative estimate of drug-likeness (QED) is 0.637. The molecule has 2 heterocycles. The fourth-order valence-electron chi connectivity index (χ4n) is 3.04. The zero-order valence-corrected chi connectivity index (χ0v) is 13.8. The van der Waals surface area contributed by atoms with Crippen molar-refractivity contribution in [1.29, 1.82) is 0 Å². The first-order valence-electron chi connectivity index (χ1n) is 8.01. The molecule has 0 aliphatic carbocycles. The summed E-state index contributed by atoms with van der Waals surface area (Å²) < 4.78 is 0. The molecule has 1 aliphatic heterocycles. The van der Waals surface area contributed by atoms with Crippen molar-refractivity contribution in [2.24, 2.45) is 0 Å². The van der Waals surface area contributed by atoms with Gasteiger partial charge in [0.05, 0.1) is 4.92 Å². The summed E-state index contributed by atoms with van der Waals surface area (Å²) in [6, 6.07) is 6.65. The molecule has 1 aliphatic rings. The minimum atomic E-state index is -0.402. The van der Waals surface area contributed by atoms with Crippen molar-refractivity contribution < 1.29 is 9.72 Å². The number of amides is 1. The topological polar surface area (TPSA) is 115 Å². The molecule has 0 spiro atoms. The molecule has 2 N–H and O–H groups in total. The number of hydrogen-bond acceptors (Lipinski definition) is 5.